The van der Waals surface area contributed by atoms with Crippen LogP contribution in [0.5, 0.6) is 0 Å². The summed E-state index contributed by atoms with van der Waals surface area (Å²) in [5.74, 6) is 0.531. The first-order valence-corrected chi connectivity index (χ1v) is 8.54. The maximum absolute atomic E-state index is 12.7. The van der Waals surface area contributed by atoms with Crippen molar-refractivity contribution in [2.75, 3.05) is 5.32 Å². The van der Waals surface area contributed by atoms with Crippen molar-refractivity contribution < 1.29 is 4.79 Å². The Balaban J connectivity index is 1.86. The Morgan fingerprint density at radius 2 is 1.65 bits per heavy atom. The highest BCUT2D eigenvalue weighted by molar-refractivity contribution is 6.05. The van der Waals surface area contributed by atoms with Crippen molar-refractivity contribution >= 4 is 17.4 Å². The lowest BCUT2D eigenvalue weighted by atomic mass is 10.1. The molecular weight excluding hydrogens is 322 g/mol. The van der Waals surface area contributed by atoms with Crippen LogP contribution in [-0.2, 0) is 0 Å². The summed E-state index contributed by atoms with van der Waals surface area (Å²) in [5.41, 5.74) is 5.44. The van der Waals surface area contributed by atoms with Gasteiger partial charge in [-0.15, -0.1) is 0 Å². The van der Waals surface area contributed by atoms with Crippen molar-refractivity contribution in [2.24, 2.45) is 0 Å². The van der Waals surface area contributed by atoms with Gasteiger partial charge in [-0.1, -0.05) is 54.1 Å². The third kappa shape index (κ3) is 2.86. The number of aromatic nitrogens is 2. The number of nitrogens with one attached hydrogen (secondary N) is 1. The number of carbonyl (C=O) groups excluding carboxylic acids is 1. The molecule has 0 saturated carbocycles. The smallest absolute Gasteiger partial charge is 0.256 e. The van der Waals surface area contributed by atoms with E-state index in [9.17, 15) is 4.79 Å². The summed E-state index contributed by atoms with van der Waals surface area (Å²) in [7, 11) is 0. The zero-order valence-corrected chi connectivity index (χ0v) is 14.7. The lowest BCUT2D eigenvalue weighted by Crippen LogP contribution is -2.14. The van der Waals surface area contributed by atoms with Crippen LogP contribution in [0.15, 0.2) is 72.9 Å². The second kappa shape index (κ2) is 6.48. The molecule has 26 heavy (non-hydrogen) atoms. The monoisotopic (exact) mass is 341 g/mol. The molecule has 1 amide bonds. The number of fused-ring (bicyclic) bond motifs is 1. The van der Waals surface area contributed by atoms with Crippen molar-refractivity contribution in [3.05, 3.63) is 89.6 Å². The molecule has 2 aromatic carbocycles. The fourth-order valence-corrected chi connectivity index (χ4v) is 3.01. The van der Waals surface area contributed by atoms with Crippen LogP contribution in [-0.4, -0.2) is 15.3 Å². The van der Waals surface area contributed by atoms with E-state index in [2.05, 4.69) is 24.4 Å². The number of benzene rings is 2. The van der Waals surface area contributed by atoms with Gasteiger partial charge < -0.3 is 5.32 Å². The standard InChI is InChI=1S/C22H19N3O/c1-15-10-12-17(13-11-15)19-21(24-22(26)18-8-4-3-5-9-18)25-14-6-7-16(2)20(25)23-19/h3-14H,1-2H3,(H,24,26). The zero-order chi connectivity index (χ0) is 18.1. The largest absolute Gasteiger partial charge is 0.306 e. The average Bonchev–Trinajstić information content (AvgIpc) is 3.03. The van der Waals surface area contributed by atoms with Gasteiger partial charge in [-0.3, -0.25) is 9.20 Å². The van der Waals surface area contributed by atoms with Crippen LogP contribution in [0.3, 0.4) is 0 Å². The van der Waals surface area contributed by atoms with Gasteiger partial charge in [0.05, 0.1) is 0 Å². The molecule has 0 saturated heterocycles. The summed E-state index contributed by atoms with van der Waals surface area (Å²) in [6.45, 7) is 4.07. The summed E-state index contributed by atoms with van der Waals surface area (Å²) >= 11 is 0. The van der Waals surface area contributed by atoms with Crippen LogP contribution < -0.4 is 5.32 Å². The van der Waals surface area contributed by atoms with Crippen molar-refractivity contribution in [1.29, 1.82) is 0 Å². The fraction of sp³-hybridized carbons (Fsp3) is 0.0909. The van der Waals surface area contributed by atoms with Crippen LogP contribution in [0.25, 0.3) is 16.9 Å². The van der Waals surface area contributed by atoms with Crippen LogP contribution in [0, 0.1) is 13.8 Å². The maximum atomic E-state index is 12.7. The van der Waals surface area contributed by atoms with Crippen molar-refractivity contribution in [1.82, 2.24) is 9.38 Å². The number of anilines is 1. The molecule has 0 aliphatic rings. The molecule has 2 aromatic heterocycles. The van der Waals surface area contributed by atoms with Gasteiger partial charge in [0.1, 0.15) is 17.2 Å². The van der Waals surface area contributed by atoms with E-state index >= 15 is 0 Å². The van der Waals surface area contributed by atoms with E-state index in [1.165, 1.54) is 5.56 Å². The number of nitrogens with zero attached hydrogens (tertiary/aromatic N) is 2. The number of rotatable bonds is 3. The molecule has 4 aromatic rings. The topological polar surface area (TPSA) is 46.4 Å². The summed E-state index contributed by atoms with van der Waals surface area (Å²) in [6.07, 6.45) is 1.92. The fourth-order valence-electron chi connectivity index (χ4n) is 3.01. The van der Waals surface area contributed by atoms with Gasteiger partial charge in [-0.2, -0.15) is 0 Å². The van der Waals surface area contributed by atoms with Crippen molar-refractivity contribution in [3.8, 4) is 11.3 Å². The predicted molar refractivity (Wildman–Crippen MR) is 104 cm³/mol. The van der Waals surface area contributed by atoms with Gasteiger partial charge in [0.15, 0.2) is 0 Å². The molecule has 0 aliphatic heterocycles. The van der Waals surface area contributed by atoms with E-state index in [0.29, 0.717) is 11.4 Å². The molecule has 0 radical (unpaired) electrons. The minimum atomic E-state index is -0.151. The van der Waals surface area contributed by atoms with Gasteiger partial charge in [0.2, 0.25) is 0 Å². The Bertz CT molecular complexity index is 1080. The molecule has 0 atom stereocenters. The van der Waals surface area contributed by atoms with Gasteiger partial charge >= 0.3 is 0 Å². The lowest BCUT2D eigenvalue weighted by molar-refractivity contribution is 0.102. The first kappa shape index (κ1) is 16.1. The maximum Gasteiger partial charge on any atom is 0.256 e. The molecule has 0 spiro atoms. The number of hydrogen-bond acceptors (Lipinski definition) is 2. The van der Waals surface area contributed by atoms with Crippen LogP contribution in [0.2, 0.25) is 0 Å². The molecule has 4 nitrogen and oxygen atoms in total. The Morgan fingerprint density at radius 3 is 2.38 bits per heavy atom. The summed E-state index contributed by atoms with van der Waals surface area (Å²) in [4.78, 5) is 17.5. The molecule has 1 N–H and O–H groups in total. The van der Waals surface area contributed by atoms with Crippen LogP contribution in [0.1, 0.15) is 21.5 Å². The Labute approximate surface area is 152 Å². The van der Waals surface area contributed by atoms with Crippen molar-refractivity contribution in [3.63, 3.8) is 0 Å². The SMILES string of the molecule is Cc1ccc(-c2nc3c(C)cccn3c2NC(=O)c2ccccc2)cc1. The number of amides is 1. The van der Waals surface area contributed by atoms with Gasteiger partial charge in [-0.05, 0) is 37.6 Å². The molecule has 0 bridgehead atoms. The molecular formula is C22H19N3O. The number of carbonyl (C=O) groups is 1. The van der Waals surface area contributed by atoms with E-state index in [1.54, 1.807) is 12.1 Å². The highest BCUT2D eigenvalue weighted by atomic mass is 16.1. The second-order valence-corrected chi connectivity index (χ2v) is 6.38. The third-order valence-corrected chi connectivity index (χ3v) is 4.44. The van der Waals surface area contributed by atoms with Gasteiger partial charge in [-0.25, -0.2) is 4.98 Å². The molecule has 0 fully saturated rings. The van der Waals surface area contributed by atoms with E-state index in [-0.39, 0.29) is 5.91 Å². The number of hydrogen-bond donors (Lipinski definition) is 1. The van der Waals surface area contributed by atoms with E-state index in [1.807, 2.05) is 60.0 Å². The Kier molecular flexibility index (Phi) is 4.01. The number of aryl methyl sites for hydroxylation is 2. The summed E-state index contributed by atoms with van der Waals surface area (Å²) in [5, 5.41) is 3.05. The normalized spacial score (nSPS) is 10.8. The second-order valence-electron chi connectivity index (χ2n) is 6.38. The quantitative estimate of drug-likeness (QED) is 0.578. The molecule has 0 aliphatic carbocycles. The van der Waals surface area contributed by atoms with Crippen LogP contribution >= 0.6 is 0 Å². The van der Waals surface area contributed by atoms with Gasteiger partial charge in [0.25, 0.3) is 5.91 Å². The first-order chi connectivity index (χ1) is 12.6. The van der Waals surface area contributed by atoms with E-state index in [0.717, 1.165) is 22.5 Å². The molecule has 4 heteroatoms. The summed E-state index contributed by atoms with van der Waals surface area (Å²) < 4.78 is 1.94. The van der Waals surface area contributed by atoms with Gasteiger partial charge in [0, 0.05) is 17.3 Å². The zero-order valence-electron chi connectivity index (χ0n) is 14.7. The Morgan fingerprint density at radius 1 is 0.923 bits per heavy atom. The molecule has 0 unspecified atom stereocenters. The number of pyridine rings is 1. The summed E-state index contributed by atoms with van der Waals surface area (Å²) in [6, 6.07) is 21.4. The Hall–Kier alpha value is -3.40. The minimum Gasteiger partial charge on any atom is -0.306 e. The highest BCUT2D eigenvalue weighted by Gasteiger charge is 2.18. The molecule has 128 valence electrons. The molecule has 4 rings (SSSR count). The van der Waals surface area contributed by atoms with E-state index in [4.69, 9.17) is 4.98 Å². The number of imidazole rings is 1. The minimum absolute atomic E-state index is 0.151. The van der Waals surface area contributed by atoms with E-state index < -0.39 is 0 Å². The van der Waals surface area contributed by atoms with Crippen LogP contribution in [0.4, 0.5) is 5.82 Å². The third-order valence-electron chi connectivity index (χ3n) is 4.44. The predicted octanol–water partition coefficient (Wildman–Crippen LogP) is 4.87. The van der Waals surface area contributed by atoms with Crippen molar-refractivity contribution in [2.45, 2.75) is 13.8 Å². The average molecular weight is 341 g/mol. The molecule has 2 heterocycles. The first-order valence-electron chi connectivity index (χ1n) is 8.54. The lowest BCUT2D eigenvalue weighted by Gasteiger charge is -2.08. The highest BCUT2D eigenvalue weighted by Crippen LogP contribution is 2.30.